The normalized spacial score (nSPS) is 13.3. The molecule has 12 heteroatoms. The van der Waals surface area contributed by atoms with Crippen molar-refractivity contribution < 1.29 is 19.4 Å². The van der Waals surface area contributed by atoms with Gasteiger partial charge in [0.2, 0.25) is 5.91 Å². The second kappa shape index (κ2) is 12.8. The number of benzene rings is 2. The summed E-state index contributed by atoms with van der Waals surface area (Å²) in [6, 6.07) is 11.4. The van der Waals surface area contributed by atoms with Gasteiger partial charge in [0.25, 0.3) is 0 Å². The molecule has 4 N–H and O–H groups in total. The number of carbonyl (C=O) groups excluding carboxylic acids is 2. The lowest BCUT2D eigenvalue weighted by Crippen LogP contribution is -2.46. The maximum absolute atomic E-state index is 12.9. The first-order valence-corrected chi connectivity index (χ1v) is 12.9. The van der Waals surface area contributed by atoms with Crippen LogP contribution in [0.2, 0.25) is 0 Å². The summed E-state index contributed by atoms with van der Waals surface area (Å²) in [5.41, 5.74) is 2.56. The van der Waals surface area contributed by atoms with Crippen molar-refractivity contribution in [1.82, 2.24) is 14.9 Å². The van der Waals surface area contributed by atoms with Gasteiger partial charge in [0, 0.05) is 68.9 Å². The number of phenols is 1. The topological polar surface area (TPSA) is 135 Å². The van der Waals surface area contributed by atoms with Crippen molar-refractivity contribution in [3.05, 3.63) is 61.4 Å². The van der Waals surface area contributed by atoms with Crippen LogP contribution in [0.25, 0.3) is 0 Å². The van der Waals surface area contributed by atoms with Crippen LogP contribution in [-0.4, -0.2) is 78.8 Å². The predicted octanol–water partition coefficient (Wildman–Crippen LogP) is 3.87. The van der Waals surface area contributed by atoms with Crippen LogP contribution in [-0.2, 0) is 4.79 Å². The van der Waals surface area contributed by atoms with E-state index in [-0.39, 0.29) is 11.7 Å². The van der Waals surface area contributed by atoms with E-state index in [1.807, 2.05) is 18.2 Å². The fourth-order valence-electron chi connectivity index (χ4n) is 4.27. The summed E-state index contributed by atoms with van der Waals surface area (Å²) in [5.74, 6) is 0.769. The van der Waals surface area contributed by atoms with Crippen LogP contribution in [0.4, 0.5) is 39.2 Å². The Morgan fingerprint density at radius 3 is 2.55 bits per heavy atom. The molecule has 3 amide bonds. The standard InChI is InChI=1S/C28H34N8O4/c1-5-27(38)33-24-15-20(36-11-9-35(6-2)10-12-36)7-8-23(24)32-25-17-26(30-18-29-25)34(3)28(39)31-19-13-21(37)16-22(14-19)40-4/h5,7-8,13-18,37H,1,6,9-12H2,2-4H3,(H,31,39)(H,33,38)(H,29,30,32). The first-order valence-electron chi connectivity index (χ1n) is 12.9. The fraction of sp³-hybridized carbons (Fsp3) is 0.286. The van der Waals surface area contributed by atoms with Gasteiger partial charge in [-0.3, -0.25) is 9.69 Å². The first-order chi connectivity index (χ1) is 19.3. The van der Waals surface area contributed by atoms with Crippen molar-refractivity contribution in [1.29, 1.82) is 0 Å². The largest absolute Gasteiger partial charge is 0.508 e. The molecule has 0 radical (unpaired) electrons. The van der Waals surface area contributed by atoms with Gasteiger partial charge in [-0.15, -0.1) is 0 Å². The highest BCUT2D eigenvalue weighted by Gasteiger charge is 2.18. The Bertz CT molecular complexity index is 1370. The number of piperazine rings is 1. The number of hydrogen-bond acceptors (Lipinski definition) is 9. The number of nitrogens with one attached hydrogen (secondary N) is 3. The van der Waals surface area contributed by atoms with Crippen LogP contribution in [0, 0.1) is 0 Å². The van der Waals surface area contributed by atoms with E-state index in [1.165, 1.54) is 36.5 Å². The molecule has 1 saturated heterocycles. The smallest absolute Gasteiger partial charge is 0.327 e. The van der Waals surface area contributed by atoms with Gasteiger partial charge in [0.05, 0.1) is 18.5 Å². The zero-order valence-electron chi connectivity index (χ0n) is 22.8. The average molecular weight is 547 g/mol. The summed E-state index contributed by atoms with van der Waals surface area (Å²) >= 11 is 0. The van der Waals surface area contributed by atoms with Crippen molar-refractivity contribution in [3.8, 4) is 11.5 Å². The molecule has 2 heterocycles. The highest BCUT2D eigenvalue weighted by atomic mass is 16.5. The molecule has 0 bridgehead atoms. The predicted molar refractivity (Wildman–Crippen MR) is 157 cm³/mol. The van der Waals surface area contributed by atoms with Crippen molar-refractivity contribution in [2.45, 2.75) is 6.92 Å². The lowest BCUT2D eigenvalue weighted by Gasteiger charge is -2.35. The molecule has 1 aromatic heterocycles. The number of phenolic OH excluding ortho intramolecular Hbond substituents is 1. The first kappa shape index (κ1) is 28.2. The molecule has 210 valence electrons. The van der Waals surface area contributed by atoms with Gasteiger partial charge >= 0.3 is 6.03 Å². The summed E-state index contributed by atoms with van der Waals surface area (Å²) in [7, 11) is 3.03. The summed E-state index contributed by atoms with van der Waals surface area (Å²) in [5, 5.41) is 18.7. The Kier molecular flexibility index (Phi) is 9.02. The Balaban J connectivity index is 1.51. The molecular formula is C28H34N8O4. The molecule has 0 aliphatic carbocycles. The van der Waals surface area contributed by atoms with E-state index in [0.29, 0.717) is 34.4 Å². The Hall–Kier alpha value is -4.84. The van der Waals surface area contributed by atoms with Crippen LogP contribution in [0.3, 0.4) is 0 Å². The number of ether oxygens (including phenoxy) is 1. The second-order valence-electron chi connectivity index (χ2n) is 9.14. The van der Waals surface area contributed by atoms with Crippen molar-refractivity contribution in [3.63, 3.8) is 0 Å². The number of amides is 3. The van der Waals surface area contributed by atoms with E-state index in [9.17, 15) is 14.7 Å². The number of nitrogens with zero attached hydrogens (tertiary/aromatic N) is 5. The molecule has 3 aromatic rings. The second-order valence-corrected chi connectivity index (χ2v) is 9.14. The molecule has 0 unspecified atom stereocenters. The lowest BCUT2D eigenvalue weighted by atomic mass is 10.2. The van der Waals surface area contributed by atoms with Gasteiger partial charge in [-0.2, -0.15) is 0 Å². The van der Waals surface area contributed by atoms with Crippen LogP contribution in [0.5, 0.6) is 11.5 Å². The number of urea groups is 1. The molecule has 0 saturated carbocycles. The third-order valence-corrected chi connectivity index (χ3v) is 6.57. The maximum Gasteiger partial charge on any atom is 0.327 e. The van der Waals surface area contributed by atoms with Gasteiger partial charge in [-0.25, -0.2) is 14.8 Å². The summed E-state index contributed by atoms with van der Waals surface area (Å²) in [6.45, 7) is 10.5. The average Bonchev–Trinajstić information content (AvgIpc) is 2.97. The lowest BCUT2D eigenvalue weighted by molar-refractivity contribution is -0.111. The molecule has 12 nitrogen and oxygen atoms in total. The van der Waals surface area contributed by atoms with Gasteiger partial charge in [-0.1, -0.05) is 13.5 Å². The third-order valence-electron chi connectivity index (χ3n) is 6.57. The van der Waals surface area contributed by atoms with E-state index < -0.39 is 6.03 Å². The maximum atomic E-state index is 12.9. The number of likely N-dealkylation sites (N-methyl/N-ethyl adjacent to an activating group) is 1. The minimum absolute atomic E-state index is 0.0422. The highest BCUT2D eigenvalue weighted by molar-refractivity contribution is 6.02. The van der Waals surface area contributed by atoms with Crippen molar-refractivity contribution >= 4 is 46.3 Å². The van der Waals surface area contributed by atoms with Crippen molar-refractivity contribution in [2.24, 2.45) is 0 Å². The third kappa shape index (κ3) is 6.97. The molecule has 1 fully saturated rings. The van der Waals surface area contributed by atoms with Crippen LogP contribution >= 0.6 is 0 Å². The minimum atomic E-state index is -0.483. The van der Waals surface area contributed by atoms with Crippen LogP contribution in [0.1, 0.15) is 6.92 Å². The van der Waals surface area contributed by atoms with E-state index >= 15 is 0 Å². The zero-order chi connectivity index (χ0) is 28.6. The Labute approximate surface area is 233 Å². The number of aromatic hydroxyl groups is 1. The summed E-state index contributed by atoms with van der Waals surface area (Å²) in [6.07, 6.45) is 2.55. The molecule has 0 spiro atoms. The molecule has 2 aromatic carbocycles. The van der Waals surface area contributed by atoms with Gasteiger partial charge < -0.3 is 35.6 Å². The Morgan fingerprint density at radius 2 is 1.85 bits per heavy atom. The number of methoxy groups -OCH3 is 1. The molecule has 4 rings (SSSR count). The molecule has 1 aliphatic rings. The highest BCUT2D eigenvalue weighted by Crippen LogP contribution is 2.31. The van der Waals surface area contributed by atoms with E-state index in [4.69, 9.17) is 4.74 Å². The zero-order valence-corrected chi connectivity index (χ0v) is 22.8. The number of carbonyl (C=O) groups is 2. The van der Waals surface area contributed by atoms with E-state index in [1.54, 1.807) is 19.2 Å². The fourth-order valence-corrected chi connectivity index (χ4v) is 4.27. The molecule has 0 atom stereocenters. The number of aromatic nitrogens is 2. The van der Waals surface area contributed by atoms with Crippen LogP contribution < -0.4 is 30.5 Å². The van der Waals surface area contributed by atoms with Crippen molar-refractivity contribution in [2.75, 3.05) is 72.6 Å². The summed E-state index contributed by atoms with van der Waals surface area (Å²) < 4.78 is 5.14. The SMILES string of the molecule is C=CC(=O)Nc1cc(N2CCN(CC)CC2)ccc1Nc1cc(N(C)C(=O)Nc2cc(O)cc(OC)c2)ncn1. The van der Waals surface area contributed by atoms with E-state index in [0.717, 1.165) is 38.4 Å². The minimum Gasteiger partial charge on any atom is -0.508 e. The molecular weight excluding hydrogens is 512 g/mol. The van der Waals surface area contributed by atoms with Crippen LogP contribution in [0.15, 0.2) is 61.4 Å². The van der Waals surface area contributed by atoms with Gasteiger partial charge in [0.15, 0.2) is 0 Å². The number of hydrogen-bond donors (Lipinski definition) is 4. The van der Waals surface area contributed by atoms with Gasteiger partial charge in [0.1, 0.15) is 29.5 Å². The Morgan fingerprint density at radius 1 is 1.07 bits per heavy atom. The molecule has 1 aliphatic heterocycles. The van der Waals surface area contributed by atoms with Gasteiger partial charge in [-0.05, 0) is 30.8 Å². The number of rotatable bonds is 9. The monoisotopic (exact) mass is 546 g/mol. The summed E-state index contributed by atoms with van der Waals surface area (Å²) in [4.78, 5) is 39.6. The van der Waals surface area contributed by atoms with E-state index in [2.05, 4.69) is 49.2 Å². The number of anilines is 6. The quantitative estimate of drug-likeness (QED) is 0.295. The molecule has 40 heavy (non-hydrogen) atoms.